The number of piperidine rings is 2. The van der Waals surface area contributed by atoms with E-state index in [1.54, 1.807) is 0 Å². The molecule has 27 heavy (non-hydrogen) atoms. The molecule has 4 rings (SSSR count). The minimum absolute atomic E-state index is 0.0280. The second kappa shape index (κ2) is 7.76. The summed E-state index contributed by atoms with van der Waals surface area (Å²) < 4.78 is 0. The molecule has 7 heteroatoms. The maximum Gasteiger partial charge on any atom is 0.325 e. The van der Waals surface area contributed by atoms with E-state index < -0.39 is 0 Å². The van der Waals surface area contributed by atoms with Crippen LogP contribution in [0.5, 0.6) is 0 Å². The van der Waals surface area contributed by atoms with Crippen molar-refractivity contribution in [2.75, 3.05) is 11.4 Å². The second-order valence-corrected chi connectivity index (χ2v) is 8.01. The highest BCUT2D eigenvalue weighted by atomic mass is 16.2. The van der Waals surface area contributed by atoms with Gasteiger partial charge in [-0.25, -0.2) is 4.79 Å². The number of carbonyl (C=O) groups excluding carboxylic acids is 1. The van der Waals surface area contributed by atoms with Gasteiger partial charge in [0, 0.05) is 30.4 Å². The van der Waals surface area contributed by atoms with Crippen molar-refractivity contribution in [3.8, 4) is 0 Å². The lowest BCUT2D eigenvalue weighted by molar-refractivity contribution is 0.188. The zero-order chi connectivity index (χ0) is 18.8. The molecule has 0 radical (unpaired) electrons. The summed E-state index contributed by atoms with van der Waals surface area (Å²) >= 11 is 0. The van der Waals surface area contributed by atoms with Gasteiger partial charge in [-0.15, -0.1) is 0 Å². The Hall–Kier alpha value is -2.28. The van der Waals surface area contributed by atoms with Crippen LogP contribution in [0.15, 0.2) is 35.4 Å². The molecule has 0 aromatic heterocycles. The van der Waals surface area contributed by atoms with Crippen molar-refractivity contribution < 1.29 is 4.79 Å². The number of likely N-dealkylation sites (tertiary alicyclic amines) is 1. The molecule has 7 nitrogen and oxygen atoms in total. The number of benzene rings is 1. The molecule has 3 atom stereocenters. The van der Waals surface area contributed by atoms with Crippen LogP contribution < -0.4 is 21.8 Å². The van der Waals surface area contributed by atoms with Gasteiger partial charge >= 0.3 is 6.03 Å². The summed E-state index contributed by atoms with van der Waals surface area (Å²) in [5.74, 6) is 5.75. The molecule has 3 aliphatic rings. The third-order valence-corrected chi connectivity index (χ3v) is 6.28. The second-order valence-electron chi connectivity index (χ2n) is 8.01. The van der Waals surface area contributed by atoms with Gasteiger partial charge < -0.3 is 21.8 Å². The van der Waals surface area contributed by atoms with E-state index in [9.17, 15) is 4.79 Å². The maximum atomic E-state index is 13.7. The molecule has 2 unspecified atom stereocenters. The molecular formula is C20H30N6O. The predicted octanol–water partition coefficient (Wildman–Crippen LogP) is 1.98. The van der Waals surface area contributed by atoms with Gasteiger partial charge in [0.05, 0.1) is 6.04 Å². The number of amidine groups is 1. The normalized spacial score (nSPS) is 31.0. The molecule has 3 saturated heterocycles. The number of carbonyl (C=O) groups is 1. The summed E-state index contributed by atoms with van der Waals surface area (Å²) in [7, 11) is 0. The number of urea groups is 1. The first-order chi connectivity index (χ1) is 13.2. The number of hydrazone groups is 1. The van der Waals surface area contributed by atoms with Crippen LogP contribution in [-0.2, 0) is 0 Å². The molecule has 0 spiro atoms. The number of nitrogens with one attached hydrogen (secondary N) is 1. The van der Waals surface area contributed by atoms with Crippen molar-refractivity contribution in [3.05, 3.63) is 30.3 Å². The Morgan fingerprint density at radius 1 is 1.11 bits per heavy atom. The lowest BCUT2D eigenvalue weighted by Crippen LogP contribution is -2.59. The fraction of sp³-hybridized carbons (Fsp3) is 0.600. The van der Waals surface area contributed by atoms with Crippen LogP contribution in [0.3, 0.4) is 0 Å². The summed E-state index contributed by atoms with van der Waals surface area (Å²) in [5.41, 5.74) is 6.96. The summed E-state index contributed by atoms with van der Waals surface area (Å²) in [6.07, 6.45) is 7.41. The minimum Gasteiger partial charge on any atom is -0.384 e. The average molecular weight is 371 g/mol. The Labute approximate surface area is 160 Å². The molecule has 3 heterocycles. The van der Waals surface area contributed by atoms with Crippen molar-refractivity contribution in [3.63, 3.8) is 0 Å². The molecule has 146 valence electrons. The highest BCUT2D eigenvalue weighted by molar-refractivity contribution is 5.97. The fourth-order valence-electron chi connectivity index (χ4n) is 5.04. The van der Waals surface area contributed by atoms with Crippen LogP contribution in [0.1, 0.15) is 44.9 Å². The molecule has 0 aliphatic carbocycles. The van der Waals surface area contributed by atoms with E-state index in [0.717, 1.165) is 31.4 Å². The number of fused-ring (bicyclic) bond motifs is 2. The standard InChI is InChI=1S/C20H30N6O/c21-19(24-22)18-10-5-11-25(18)20(27)26(16-8-2-1-3-9-16)17-12-14-6-4-7-15(13-17)23-14/h1-3,8-9,14-15,17-18,23H,4-7,10-13,22H2,(H2,21,24)/t14?,15?,17?,18-/m0/s1. The van der Waals surface area contributed by atoms with Gasteiger partial charge in [-0.3, -0.25) is 4.90 Å². The Morgan fingerprint density at radius 3 is 2.48 bits per heavy atom. The number of nitrogens with zero attached hydrogens (tertiary/aromatic N) is 3. The van der Waals surface area contributed by atoms with Crippen molar-refractivity contribution >= 4 is 17.6 Å². The third-order valence-electron chi connectivity index (χ3n) is 6.28. The number of nitrogens with two attached hydrogens (primary N) is 2. The zero-order valence-corrected chi connectivity index (χ0v) is 15.8. The summed E-state index contributed by atoms with van der Waals surface area (Å²) in [6.45, 7) is 0.695. The van der Waals surface area contributed by atoms with Gasteiger partial charge in [-0.2, -0.15) is 5.10 Å². The van der Waals surface area contributed by atoms with Gasteiger partial charge in [0.25, 0.3) is 0 Å². The van der Waals surface area contributed by atoms with E-state index in [0.29, 0.717) is 24.5 Å². The van der Waals surface area contributed by atoms with E-state index in [1.807, 2.05) is 40.1 Å². The average Bonchev–Trinajstić information content (AvgIpc) is 3.18. The monoisotopic (exact) mass is 370 g/mol. The number of anilines is 1. The molecule has 5 N–H and O–H groups in total. The van der Waals surface area contributed by atoms with Gasteiger partial charge in [0.2, 0.25) is 0 Å². The molecule has 2 bridgehead atoms. The van der Waals surface area contributed by atoms with Crippen LogP contribution in [0.2, 0.25) is 0 Å². The van der Waals surface area contributed by atoms with Gasteiger partial charge in [-0.1, -0.05) is 24.6 Å². The van der Waals surface area contributed by atoms with Crippen LogP contribution >= 0.6 is 0 Å². The number of hydrogen-bond donors (Lipinski definition) is 3. The molecule has 0 saturated carbocycles. The SMILES string of the molecule is N/N=C(\N)[C@@H]1CCCN1C(=O)N(c1ccccc1)C1CC2CCCC(C1)N2. The molecule has 1 aromatic carbocycles. The summed E-state index contributed by atoms with van der Waals surface area (Å²) in [4.78, 5) is 17.5. The number of amides is 2. The van der Waals surface area contributed by atoms with Gasteiger partial charge in [0.15, 0.2) is 0 Å². The Kier molecular flexibility index (Phi) is 5.20. The highest BCUT2D eigenvalue weighted by Crippen LogP contribution is 2.33. The Bertz CT molecular complexity index is 681. The van der Waals surface area contributed by atoms with E-state index in [2.05, 4.69) is 10.4 Å². The highest BCUT2D eigenvalue weighted by Gasteiger charge is 2.40. The molecule has 3 aliphatic heterocycles. The molecule has 2 amide bonds. The topological polar surface area (TPSA) is 100.0 Å². The first kappa shape index (κ1) is 18.1. The predicted molar refractivity (Wildman–Crippen MR) is 107 cm³/mol. The fourth-order valence-corrected chi connectivity index (χ4v) is 5.04. The lowest BCUT2D eigenvalue weighted by atomic mass is 9.83. The summed E-state index contributed by atoms with van der Waals surface area (Å²) in [6, 6.07) is 11.1. The van der Waals surface area contributed by atoms with Crippen molar-refractivity contribution in [2.45, 2.75) is 69.1 Å². The number of hydrogen-bond acceptors (Lipinski definition) is 4. The molecule has 1 aromatic rings. The molecule has 3 fully saturated rings. The number of para-hydroxylation sites is 1. The minimum atomic E-state index is -0.199. The number of rotatable bonds is 3. The smallest absolute Gasteiger partial charge is 0.325 e. The van der Waals surface area contributed by atoms with Gasteiger partial charge in [-0.05, 0) is 50.7 Å². The van der Waals surface area contributed by atoms with Crippen molar-refractivity contribution in [1.29, 1.82) is 0 Å². The van der Waals surface area contributed by atoms with E-state index in [-0.39, 0.29) is 18.1 Å². The van der Waals surface area contributed by atoms with Gasteiger partial charge in [0.1, 0.15) is 5.84 Å². The van der Waals surface area contributed by atoms with E-state index >= 15 is 0 Å². The quantitative estimate of drug-likeness (QED) is 0.328. The van der Waals surface area contributed by atoms with Crippen LogP contribution in [0.25, 0.3) is 0 Å². The Morgan fingerprint density at radius 2 is 1.81 bits per heavy atom. The van der Waals surface area contributed by atoms with Crippen LogP contribution in [-0.4, -0.2) is 47.5 Å². The largest absolute Gasteiger partial charge is 0.384 e. The van der Waals surface area contributed by atoms with Crippen LogP contribution in [0, 0.1) is 0 Å². The van der Waals surface area contributed by atoms with Crippen molar-refractivity contribution in [2.24, 2.45) is 16.7 Å². The van der Waals surface area contributed by atoms with E-state index in [4.69, 9.17) is 11.6 Å². The van der Waals surface area contributed by atoms with Crippen molar-refractivity contribution in [1.82, 2.24) is 10.2 Å². The van der Waals surface area contributed by atoms with E-state index in [1.165, 1.54) is 19.3 Å². The first-order valence-electron chi connectivity index (χ1n) is 10.1. The molecular weight excluding hydrogens is 340 g/mol. The van der Waals surface area contributed by atoms with Crippen LogP contribution in [0.4, 0.5) is 10.5 Å². The first-order valence-corrected chi connectivity index (χ1v) is 10.1. The Balaban J connectivity index is 1.63. The zero-order valence-electron chi connectivity index (χ0n) is 15.8. The lowest BCUT2D eigenvalue weighted by Gasteiger charge is -2.45. The third kappa shape index (κ3) is 3.60. The maximum absolute atomic E-state index is 13.7. The summed E-state index contributed by atoms with van der Waals surface area (Å²) in [5, 5.41) is 7.39.